The number of aryl methyl sites for hydroxylation is 1. The van der Waals surface area contributed by atoms with Gasteiger partial charge in [-0.05, 0) is 74.6 Å². The van der Waals surface area contributed by atoms with E-state index in [4.69, 9.17) is 0 Å². The summed E-state index contributed by atoms with van der Waals surface area (Å²) in [5, 5.41) is 8.73. The number of allylic oxidation sites excluding steroid dienone is 1. The lowest BCUT2D eigenvalue weighted by Gasteiger charge is -2.17. The lowest BCUT2D eigenvalue weighted by Crippen LogP contribution is -2.12. The molecule has 1 heterocycles. The molecule has 0 bridgehead atoms. The van der Waals surface area contributed by atoms with Crippen LogP contribution in [0.2, 0.25) is 0 Å². The molecule has 28 heavy (non-hydrogen) atoms. The van der Waals surface area contributed by atoms with Crippen LogP contribution in [0.4, 0.5) is 4.39 Å². The summed E-state index contributed by atoms with van der Waals surface area (Å²) in [5.41, 5.74) is 4.19. The average Bonchev–Trinajstić information content (AvgIpc) is 3.05. The van der Waals surface area contributed by atoms with Gasteiger partial charge in [-0.2, -0.15) is 0 Å². The van der Waals surface area contributed by atoms with Gasteiger partial charge in [0.05, 0.1) is 17.3 Å². The molecular weight excluding hydrogens is 353 g/mol. The van der Waals surface area contributed by atoms with E-state index in [-0.39, 0.29) is 11.3 Å². The van der Waals surface area contributed by atoms with Gasteiger partial charge in [0.2, 0.25) is 0 Å². The molecule has 4 nitrogen and oxygen atoms in total. The lowest BCUT2D eigenvalue weighted by molar-refractivity contribution is 0.101. The topological polar surface area (TPSA) is 47.8 Å². The van der Waals surface area contributed by atoms with Crippen LogP contribution in [-0.2, 0) is 0 Å². The van der Waals surface area contributed by atoms with Gasteiger partial charge in [-0.1, -0.05) is 38.5 Å². The first-order chi connectivity index (χ1) is 13.3. The largest absolute Gasteiger partial charge is 0.294 e. The van der Waals surface area contributed by atoms with Crippen molar-refractivity contribution >= 4 is 23.5 Å². The number of halogens is 1. The zero-order valence-corrected chi connectivity index (χ0v) is 17.6. The van der Waals surface area contributed by atoms with E-state index < -0.39 is 5.82 Å². The average molecular weight is 384 g/mol. The third-order valence-corrected chi connectivity index (χ3v) is 5.01. The number of nitrogens with zero attached hydrogens (tertiary/aromatic N) is 3. The summed E-state index contributed by atoms with van der Waals surface area (Å²) in [6, 6.07) is 3.33. The van der Waals surface area contributed by atoms with Crippen molar-refractivity contribution in [2.75, 3.05) is 0 Å². The Morgan fingerprint density at radius 2 is 1.86 bits per heavy atom. The van der Waals surface area contributed by atoms with Gasteiger partial charge in [-0.3, -0.25) is 4.79 Å². The van der Waals surface area contributed by atoms with E-state index in [0.29, 0.717) is 6.04 Å². The minimum atomic E-state index is -0.501. The summed E-state index contributed by atoms with van der Waals surface area (Å²) >= 11 is 0. The molecule has 0 radical (unpaired) electrons. The van der Waals surface area contributed by atoms with Gasteiger partial charge < -0.3 is 0 Å². The zero-order chi connectivity index (χ0) is 20.8. The number of Topliss-reactive ketones (excluding diaryl/α,β-unsaturated/α-hetero) is 1. The number of hydrogen-bond donors (Lipinski definition) is 0. The molecule has 2 aromatic rings. The third-order valence-electron chi connectivity index (χ3n) is 5.01. The van der Waals surface area contributed by atoms with E-state index in [1.165, 1.54) is 13.0 Å². The van der Waals surface area contributed by atoms with Gasteiger partial charge in [-0.25, -0.2) is 9.07 Å². The van der Waals surface area contributed by atoms with E-state index in [2.05, 4.69) is 30.7 Å². The van der Waals surface area contributed by atoms with Gasteiger partial charge >= 0.3 is 0 Å². The Morgan fingerprint density at radius 1 is 1.21 bits per heavy atom. The number of carbonyl (C=O) groups excluding carboxylic acids is 1. The van der Waals surface area contributed by atoms with Crippen LogP contribution >= 0.6 is 0 Å². The summed E-state index contributed by atoms with van der Waals surface area (Å²) in [4.78, 5) is 11.6. The van der Waals surface area contributed by atoms with Crippen LogP contribution in [-0.4, -0.2) is 20.8 Å². The molecule has 0 atom stereocenters. The minimum absolute atomic E-state index is 0.119. The van der Waals surface area contributed by atoms with Gasteiger partial charge in [0.1, 0.15) is 11.5 Å². The van der Waals surface area contributed by atoms with E-state index in [1.54, 1.807) is 12.1 Å². The smallest absolute Gasteiger partial charge is 0.162 e. The van der Waals surface area contributed by atoms with Crippen molar-refractivity contribution in [1.82, 2.24) is 15.0 Å². The number of hydrogen-bond acceptors (Lipinski definition) is 3. The second-order valence-electron chi connectivity index (χ2n) is 7.27. The molecule has 1 aromatic heterocycles. The fourth-order valence-corrected chi connectivity index (χ4v) is 3.60. The first-order valence-electron chi connectivity index (χ1n) is 9.91. The minimum Gasteiger partial charge on any atom is -0.294 e. The van der Waals surface area contributed by atoms with E-state index in [9.17, 15) is 9.18 Å². The van der Waals surface area contributed by atoms with Gasteiger partial charge in [0.15, 0.2) is 5.78 Å². The van der Waals surface area contributed by atoms with E-state index in [1.807, 2.05) is 24.6 Å². The summed E-state index contributed by atoms with van der Waals surface area (Å²) in [6.07, 6.45) is 7.92. The van der Waals surface area contributed by atoms with Crippen molar-refractivity contribution < 1.29 is 9.18 Å². The summed E-state index contributed by atoms with van der Waals surface area (Å²) in [7, 11) is 0. The molecule has 0 aliphatic rings. The van der Waals surface area contributed by atoms with Crippen LogP contribution in [0.5, 0.6) is 0 Å². The lowest BCUT2D eigenvalue weighted by atomic mass is 9.96. The second-order valence-corrected chi connectivity index (χ2v) is 7.27. The molecule has 0 saturated heterocycles. The maximum Gasteiger partial charge on any atom is 0.162 e. The Kier molecular flexibility index (Phi) is 7.44. The van der Waals surface area contributed by atoms with Crippen LogP contribution in [0, 0.1) is 12.7 Å². The van der Waals surface area contributed by atoms with Crippen molar-refractivity contribution in [3.8, 4) is 0 Å². The van der Waals surface area contributed by atoms with Gasteiger partial charge in [-0.15, -0.1) is 5.10 Å². The molecule has 0 amide bonds. The maximum atomic E-state index is 14.3. The molecular formula is C23H30FN3O. The Balaban J connectivity index is 2.46. The summed E-state index contributed by atoms with van der Waals surface area (Å²) in [5.74, 6) is -0.775. The molecule has 2 rings (SSSR count). The molecule has 0 spiro atoms. The maximum absolute atomic E-state index is 14.3. The van der Waals surface area contributed by atoms with Crippen LogP contribution in [0.25, 0.3) is 17.7 Å². The number of ketones is 1. The van der Waals surface area contributed by atoms with E-state index >= 15 is 0 Å². The summed E-state index contributed by atoms with van der Waals surface area (Å²) in [6.45, 7) is 13.4. The molecule has 0 fully saturated rings. The monoisotopic (exact) mass is 383 g/mol. The normalized spacial score (nSPS) is 11.9. The number of carbonyl (C=O) groups is 1. The zero-order valence-electron chi connectivity index (χ0n) is 17.6. The SMILES string of the molecule is C=Cc1c(/C=C(\C)c2cc(F)c(C(C)=O)cc2C)nnn1C(CCC)CCC. The van der Waals surface area contributed by atoms with Crippen molar-refractivity contribution in [3.05, 3.63) is 52.6 Å². The molecule has 150 valence electrons. The predicted octanol–water partition coefficient (Wildman–Crippen LogP) is 6.27. The molecule has 0 unspecified atom stereocenters. The van der Waals surface area contributed by atoms with Crippen LogP contribution in [0.15, 0.2) is 18.7 Å². The second kappa shape index (κ2) is 9.58. The predicted molar refractivity (Wildman–Crippen MR) is 114 cm³/mol. The van der Waals surface area contributed by atoms with Crippen molar-refractivity contribution in [2.24, 2.45) is 0 Å². The van der Waals surface area contributed by atoms with Crippen LogP contribution in [0.3, 0.4) is 0 Å². The number of rotatable bonds is 9. The van der Waals surface area contributed by atoms with Crippen molar-refractivity contribution in [1.29, 1.82) is 0 Å². The first kappa shape index (κ1) is 21.7. The van der Waals surface area contributed by atoms with Crippen molar-refractivity contribution in [2.45, 2.75) is 66.3 Å². The quantitative estimate of drug-likeness (QED) is 0.479. The van der Waals surface area contributed by atoms with Crippen molar-refractivity contribution in [3.63, 3.8) is 0 Å². The fraction of sp³-hybridized carbons (Fsp3) is 0.435. The highest BCUT2D eigenvalue weighted by molar-refractivity contribution is 5.95. The molecule has 0 aliphatic carbocycles. The molecule has 1 aromatic carbocycles. The Bertz CT molecular complexity index is 889. The third kappa shape index (κ3) is 4.64. The molecule has 0 saturated carbocycles. The van der Waals surface area contributed by atoms with Gasteiger partial charge in [0, 0.05) is 0 Å². The highest BCUT2D eigenvalue weighted by Gasteiger charge is 2.17. The summed E-state index contributed by atoms with van der Waals surface area (Å²) < 4.78 is 16.3. The van der Waals surface area contributed by atoms with E-state index in [0.717, 1.165) is 53.8 Å². The Hall–Kier alpha value is -2.56. The first-order valence-corrected chi connectivity index (χ1v) is 9.91. The Morgan fingerprint density at radius 3 is 2.39 bits per heavy atom. The number of benzene rings is 1. The fourth-order valence-electron chi connectivity index (χ4n) is 3.60. The van der Waals surface area contributed by atoms with Gasteiger partial charge in [0.25, 0.3) is 0 Å². The molecule has 0 N–H and O–H groups in total. The standard InChI is InChI=1S/C23H30FN3O/c1-7-10-18(11-8-2)27-23(9-3)22(25-26-27)13-16(5)19-14-21(24)20(17(6)28)12-15(19)4/h9,12-14,18H,3,7-8,10-11H2,1-2,4-6H3/b16-13+. The van der Waals surface area contributed by atoms with Crippen LogP contribution in [0.1, 0.15) is 92.3 Å². The molecule has 5 heteroatoms. The highest BCUT2D eigenvalue weighted by atomic mass is 19.1. The number of aromatic nitrogens is 3. The molecule has 0 aliphatic heterocycles. The highest BCUT2D eigenvalue weighted by Crippen LogP contribution is 2.27. The van der Waals surface area contributed by atoms with Crippen LogP contribution < -0.4 is 0 Å². The Labute approximate surface area is 167 Å².